The van der Waals surface area contributed by atoms with Gasteiger partial charge in [-0.15, -0.1) is 0 Å². The fraction of sp³-hybridized carbons (Fsp3) is 0.231. The molecular formula is C26H24FNO3. The molecule has 1 atom stereocenters. The number of carboxylic acid groups (broad SMARTS) is 1. The predicted octanol–water partition coefficient (Wildman–Crippen LogP) is 5.68. The molecule has 0 amide bonds. The van der Waals surface area contributed by atoms with Crippen LogP contribution in [0.2, 0.25) is 0 Å². The average Bonchev–Trinajstić information content (AvgIpc) is 2.72. The molecule has 4 rings (SSSR count). The second-order valence-electron chi connectivity index (χ2n) is 8.78. The van der Waals surface area contributed by atoms with Crippen molar-refractivity contribution in [3.8, 4) is 0 Å². The third-order valence-corrected chi connectivity index (χ3v) is 5.88. The smallest absolute Gasteiger partial charge is 0.335 e. The molecule has 4 nitrogen and oxygen atoms in total. The monoisotopic (exact) mass is 417 g/mol. The van der Waals surface area contributed by atoms with Gasteiger partial charge < -0.3 is 10.4 Å². The molecule has 0 fully saturated rings. The van der Waals surface area contributed by atoms with Gasteiger partial charge in [0.15, 0.2) is 5.78 Å². The second kappa shape index (κ2) is 7.99. The Balaban J connectivity index is 1.59. The number of rotatable bonds is 5. The van der Waals surface area contributed by atoms with E-state index in [2.05, 4.69) is 19.2 Å². The summed E-state index contributed by atoms with van der Waals surface area (Å²) in [6.45, 7) is 4.29. The number of ketones is 1. The number of aromatic carboxylic acids is 1. The van der Waals surface area contributed by atoms with Crippen LogP contribution < -0.4 is 5.32 Å². The predicted molar refractivity (Wildman–Crippen MR) is 118 cm³/mol. The van der Waals surface area contributed by atoms with Crippen molar-refractivity contribution in [2.45, 2.75) is 32.7 Å². The van der Waals surface area contributed by atoms with Crippen LogP contribution in [-0.4, -0.2) is 16.9 Å². The maximum Gasteiger partial charge on any atom is 0.335 e. The van der Waals surface area contributed by atoms with E-state index in [9.17, 15) is 19.1 Å². The van der Waals surface area contributed by atoms with E-state index in [0.29, 0.717) is 5.56 Å². The quantitative estimate of drug-likeness (QED) is 0.524. The average molecular weight is 417 g/mol. The maximum atomic E-state index is 13.5. The van der Waals surface area contributed by atoms with Crippen LogP contribution in [0.4, 0.5) is 10.1 Å². The fourth-order valence-corrected chi connectivity index (χ4v) is 4.32. The molecule has 3 aromatic rings. The molecule has 2 N–H and O–H groups in total. The molecule has 3 aromatic carbocycles. The SMILES string of the molecule is CC1(C)Cc2cc(C(=O)O)ccc2NC1c1cccc(CC(=O)c2cccc(F)c2)c1. The molecule has 5 heteroatoms. The first-order valence-corrected chi connectivity index (χ1v) is 10.2. The third kappa shape index (κ3) is 4.36. The number of hydrogen-bond acceptors (Lipinski definition) is 3. The van der Waals surface area contributed by atoms with Gasteiger partial charge in [-0.05, 0) is 58.9 Å². The number of carboxylic acids is 1. The van der Waals surface area contributed by atoms with Gasteiger partial charge in [-0.25, -0.2) is 9.18 Å². The van der Waals surface area contributed by atoms with Crippen LogP contribution in [0.3, 0.4) is 0 Å². The van der Waals surface area contributed by atoms with E-state index in [1.807, 2.05) is 30.3 Å². The lowest BCUT2D eigenvalue weighted by molar-refractivity contribution is 0.0696. The summed E-state index contributed by atoms with van der Waals surface area (Å²) in [6, 6.07) is 18.8. The van der Waals surface area contributed by atoms with Gasteiger partial charge in [0.2, 0.25) is 0 Å². The molecule has 0 bridgehead atoms. The Morgan fingerprint density at radius 3 is 2.55 bits per heavy atom. The Morgan fingerprint density at radius 2 is 1.81 bits per heavy atom. The zero-order valence-electron chi connectivity index (χ0n) is 17.5. The second-order valence-corrected chi connectivity index (χ2v) is 8.78. The van der Waals surface area contributed by atoms with Gasteiger partial charge in [0.1, 0.15) is 5.82 Å². The molecular weight excluding hydrogens is 393 g/mol. The van der Waals surface area contributed by atoms with Crippen LogP contribution in [0.1, 0.15) is 57.3 Å². The number of carbonyl (C=O) groups is 2. The molecule has 0 saturated heterocycles. The number of carbonyl (C=O) groups excluding carboxylic acids is 1. The van der Waals surface area contributed by atoms with Crippen LogP contribution in [-0.2, 0) is 12.8 Å². The molecule has 1 aliphatic rings. The van der Waals surface area contributed by atoms with E-state index < -0.39 is 11.8 Å². The summed E-state index contributed by atoms with van der Waals surface area (Å²) < 4.78 is 13.5. The zero-order valence-corrected chi connectivity index (χ0v) is 17.5. The molecule has 0 aliphatic carbocycles. The maximum absolute atomic E-state index is 13.5. The van der Waals surface area contributed by atoms with Gasteiger partial charge in [0, 0.05) is 17.7 Å². The highest BCUT2D eigenvalue weighted by molar-refractivity contribution is 5.97. The van der Waals surface area contributed by atoms with Gasteiger partial charge >= 0.3 is 5.97 Å². The minimum atomic E-state index is -0.932. The molecule has 31 heavy (non-hydrogen) atoms. The highest BCUT2D eigenvalue weighted by Gasteiger charge is 2.36. The largest absolute Gasteiger partial charge is 0.478 e. The van der Waals surface area contributed by atoms with Gasteiger partial charge in [0.25, 0.3) is 0 Å². The van der Waals surface area contributed by atoms with Crippen molar-refractivity contribution in [1.82, 2.24) is 0 Å². The topological polar surface area (TPSA) is 66.4 Å². The number of Topliss-reactive ketones (excluding diaryl/α,β-unsaturated/α-hetero) is 1. The molecule has 0 spiro atoms. The van der Waals surface area contributed by atoms with Crippen molar-refractivity contribution in [2.75, 3.05) is 5.32 Å². The lowest BCUT2D eigenvalue weighted by Crippen LogP contribution is -2.35. The standard InChI is InChI=1S/C26H24FNO3/c1-26(2)15-20-13-19(25(30)31)9-10-22(20)28-24(26)18-7-3-5-16(11-18)12-23(29)17-6-4-8-21(27)14-17/h3-11,13-14,24,28H,12,15H2,1-2H3,(H,30,31). The van der Waals surface area contributed by atoms with Crippen molar-refractivity contribution in [3.63, 3.8) is 0 Å². The summed E-state index contributed by atoms with van der Waals surface area (Å²) in [5, 5.41) is 12.8. The first kappa shape index (κ1) is 20.8. The van der Waals surface area contributed by atoms with Gasteiger partial charge in [-0.2, -0.15) is 0 Å². The molecule has 158 valence electrons. The summed E-state index contributed by atoms with van der Waals surface area (Å²) >= 11 is 0. The highest BCUT2D eigenvalue weighted by atomic mass is 19.1. The highest BCUT2D eigenvalue weighted by Crippen LogP contribution is 2.45. The van der Waals surface area contributed by atoms with Crippen LogP contribution in [0.15, 0.2) is 66.7 Å². The van der Waals surface area contributed by atoms with Crippen LogP contribution in [0, 0.1) is 11.2 Å². The van der Waals surface area contributed by atoms with Gasteiger partial charge in [0.05, 0.1) is 11.6 Å². The number of halogens is 1. The lowest BCUT2D eigenvalue weighted by Gasteiger charge is -2.41. The summed E-state index contributed by atoms with van der Waals surface area (Å²) in [5.41, 5.74) is 4.32. The van der Waals surface area contributed by atoms with E-state index in [4.69, 9.17) is 0 Å². The van der Waals surface area contributed by atoms with Crippen molar-refractivity contribution >= 4 is 17.4 Å². The first-order chi connectivity index (χ1) is 14.7. The molecule has 0 aromatic heterocycles. The Hall–Kier alpha value is -3.47. The number of hydrogen-bond donors (Lipinski definition) is 2. The Morgan fingerprint density at radius 1 is 1.03 bits per heavy atom. The summed E-state index contributed by atoms with van der Waals surface area (Å²) in [4.78, 5) is 23.9. The van der Waals surface area contributed by atoms with Crippen molar-refractivity contribution in [1.29, 1.82) is 0 Å². The van der Waals surface area contributed by atoms with Crippen LogP contribution in [0.5, 0.6) is 0 Å². The summed E-state index contributed by atoms with van der Waals surface area (Å²) in [7, 11) is 0. The van der Waals surface area contributed by atoms with Crippen molar-refractivity contribution in [2.24, 2.45) is 5.41 Å². The van der Waals surface area contributed by atoms with E-state index in [1.165, 1.54) is 12.1 Å². The fourth-order valence-electron chi connectivity index (χ4n) is 4.32. The number of anilines is 1. The zero-order chi connectivity index (χ0) is 22.2. The van der Waals surface area contributed by atoms with Gasteiger partial charge in [-0.3, -0.25) is 4.79 Å². The van der Waals surface area contributed by atoms with Crippen molar-refractivity contribution < 1.29 is 19.1 Å². The Labute approximate surface area is 180 Å². The van der Waals surface area contributed by atoms with Crippen LogP contribution >= 0.6 is 0 Å². The van der Waals surface area contributed by atoms with Crippen molar-refractivity contribution in [3.05, 3.63) is 100 Å². The first-order valence-electron chi connectivity index (χ1n) is 10.2. The lowest BCUT2D eigenvalue weighted by atomic mass is 9.72. The summed E-state index contributed by atoms with van der Waals surface area (Å²) in [5.74, 6) is -1.48. The Bertz CT molecular complexity index is 1170. The van der Waals surface area contributed by atoms with E-state index in [-0.39, 0.29) is 29.2 Å². The number of benzene rings is 3. The number of nitrogens with one attached hydrogen (secondary N) is 1. The van der Waals surface area contributed by atoms with E-state index in [0.717, 1.165) is 28.8 Å². The minimum absolute atomic E-state index is 0.0000928. The molecule has 1 unspecified atom stereocenters. The third-order valence-electron chi connectivity index (χ3n) is 5.88. The summed E-state index contributed by atoms with van der Waals surface area (Å²) in [6.07, 6.45) is 0.927. The van der Waals surface area contributed by atoms with Gasteiger partial charge in [-0.1, -0.05) is 50.2 Å². The Kier molecular flexibility index (Phi) is 5.36. The van der Waals surface area contributed by atoms with Crippen LogP contribution in [0.25, 0.3) is 0 Å². The molecule has 1 aliphatic heterocycles. The molecule has 0 radical (unpaired) electrons. The molecule has 1 heterocycles. The number of fused-ring (bicyclic) bond motifs is 1. The molecule has 0 saturated carbocycles. The van der Waals surface area contributed by atoms with E-state index >= 15 is 0 Å². The van der Waals surface area contributed by atoms with E-state index in [1.54, 1.807) is 24.3 Å². The minimum Gasteiger partial charge on any atom is -0.478 e. The normalized spacial score (nSPS) is 16.8.